The normalized spacial score (nSPS) is 15.7. The van der Waals surface area contributed by atoms with E-state index >= 15 is 0 Å². The largest absolute Gasteiger partial charge is 0.497 e. The molecule has 2 N–H and O–H groups in total. The maximum absolute atomic E-state index is 12.7. The van der Waals surface area contributed by atoms with Crippen LogP contribution in [0.2, 0.25) is 0 Å². The van der Waals surface area contributed by atoms with Gasteiger partial charge in [0.25, 0.3) is 15.9 Å². The van der Waals surface area contributed by atoms with E-state index in [0.717, 1.165) is 25.0 Å². The second-order valence-electron chi connectivity index (χ2n) is 7.55. The molecule has 9 heteroatoms. The van der Waals surface area contributed by atoms with Crippen LogP contribution in [0.15, 0.2) is 53.4 Å². The van der Waals surface area contributed by atoms with Crippen LogP contribution in [0.4, 0.5) is 10.8 Å². The second kappa shape index (κ2) is 8.68. The van der Waals surface area contributed by atoms with Crippen LogP contribution in [0.3, 0.4) is 0 Å². The zero-order chi connectivity index (χ0) is 22.0. The smallest absolute Gasteiger partial charge is 0.261 e. The van der Waals surface area contributed by atoms with Gasteiger partial charge in [-0.3, -0.25) is 14.8 Å². The molecule has 3 aromatic rings. The van der Waals surface area contributed by atoms with Gasteiger partial charge in [-0.2, -0.15) is 0 Å². The Morgan fingerprint density at radius 3 is 2.71 bits per heavy atom. The highest BCUT2D eigenvalue weighted by Gasteiger charge is 2.21. The molecule has 1 aliphatic rings. The number of rotatable bonds is 6. The third-order valence-electron chi connectivity index (χ3n) is 5.15. The average Bonchev–Trinajstić information content (AvgIpc) is 3.15. The van der Waals surface area contributed by atoms with Crippen LogP contribution in [0.25, 0.3) is 0 Å². The van der Waals surface area contributed by atoms with Gasteiger partial charge in [-0.1, -0.05) is 13.0 Å². The first-order valence-electron chi connectivity index (χ1n) is 9.91. The van der Waals surface area contributed by atoms with Crippen LogP contribution in [0.1, 0.15) is 34.3 Å². The lowest BCUT2D eigenvalue weighted by Crippen LogP contribution is -2.15. The molecular formula is C22H23N3O4S2. The second-order valence-corrected chi connectivity index (χ2v) is 10.3. The van der Waals surface area contributed by atoms with Gasteiger partial charge in [0.05, 0.1) is 17.7 Å². The Morgan fingerprint density at radius 2 is 1.97 bits per heavy atom. The Hall–Kier alpha value is -2.91. The lowest BCUT2D eigenvalue weighted by molar-refractivity contribution is 0.102. The highest BCUT2D eigenvalue weighted by molar-refractivity contribution is 7.92. The van der Waals surface area contributed by atoms with Gasteiger partial charge in [-0.25, -0.2) is 13.4 Å². The number of benzene rings is 2. The lowest BCUT2D eigenvalue weighted by atomic mass is 9.93. The Balaban J connectivity index is 1.48. The number of carbonyl (C=O) groups excluding carboxylic acids is 1. The lowest BCUT2D eigenvalue weighted by Gasteiger charge is -2.15. The molecule has 0 spiro atoms. The molecule has 162 valence electrons. The molecule has 4 rings (SSSR count). The summed E-state index contributed by atoms with van der Waals surface area (Å²) in [4.78, 5) is 18.6. The summed E-state index contributed by atoms with van der Waals surface area (Å²) in [6.45, 7) is 2.22. The summed E-state index contributed by atoms with van der Waals surface area (Å²) >= 11 is 1.51. The van der Waals surface area contributed by atoms with E-state index in [4.69, 9.17) is 4.74 Å². The fourth-order valence-corrected chi connectivity index (χ4v) is 5.67. The SMILES string of the molecule is COc1ccc(S(=O)(=O)Nc2cccc(C(=O)Nc3nc4c(s3)CC(C)CC4)c2)cc1. The number of aromatic nitrogens is 1. The molecule has 0 aliphatic heterocycles. The first-order chi connectivity index (χ1) is 14.8. The quantitative estimate of drug-likeness (QED) is 0.574. The van der Waals surface area contributed by atoms with Crippen molar-refractivity contribution < 1.29 is 17.9 Å². The molecule has 0 bridgehead atoms. The number of methoxy groups -OCH3 is 1. The minimum atomic E-state index is -3.79. The van der Waals surface area contributed by atoms with Gasteiger partial charge >= 0.3 is 0 Å². The van der Waals surface area contributed by atoms with Crippen LogP contribution < -0.4 is 14.8 Å². The zero-order valence-electron chi connectivity index (χ0n) is 17.2. The van der Waals surface area contributed by atoms with Gasteiger partial charge in [0.15, 0.2) is 5.13 Å². The summed E-state index contributed by atoms with van der Waals surface area (Å²) in [5.74, 6) is 0.868. The Labute approximate surface area is 185 Å². The van der Waals surface area contributed by atoms with Crippen LogP contribution in [0, 0.1) is 5.92 Å². The first kappa shape index (κ1) is 21.3. The van der Waals surface area contributed by atoms with Crippen molar-refractivity contribution in [2.24, 2.45) is 5.92 Å². The number of ether oxygens (including phenoxy) is 1. The van der Waals surface area contributed by atoms with Crippen molar-refractivity contribution in [1.82, 2.24) is 4.98 Å². The highest BCUT2D eigenvalue weighted by Crippen LogP contribution is 2.32. The molecular weight excluding hydrogens is 434 g/mol. The van der Waals surface area contributed by atoms with Crippen molar-refractivity contribution in [3.05, 3.63) is 64.7 Å². The number of hydrogen-bond donors (Lipinski definition) is 2. The van der Waals surface area contributed by atoms with E-state index in [0.29, 0.717) is 28.0 Å². The fraction of sp³-hybridized carbons (Fsp3) is 0.273. The van der Waals surface area contributed by atoms with Crippen LogP contribution in [0.5, 0.6) is 5.75 Å². The Morgan fingerprint density at radius 1 is 1.19 bits per heavy atom. The Bertz CT molecular complexity index is 1200. The van der Waals surface area contributed by atoms with Crippen LogP contribution in [-0.4, -0.2) is 26.4 Å². The molecule has 1 aliphatic carbocycles. The monoisotopic (exact) mass is 457 g/mol. The van der Waals surface area contributed by atoms with E-state index in [2.05, 4.69) is 21.9 Å². The van der Waals surface area contributed by atoms with Crippen molar-refractivity contribution >= 4 is 38.1 Å². The summed E-state index contributed by atoms with van der Waals surface area (Å²) in [6.07, 6.45) is 3.04. The van der Waals surface area contributed by atoms with Crippen molar-refractivity contribution in [2.75, 3.05) is 17.1 Å². The Kier molecular flexibility index (Phi) is 5.97. The topological polar surface area (TPSA) is 97.4 Å². The number of hydrogen-bond acceptors (Lipinski definition) is 6. The average molecular weight is 458 g/mol. The van der Waals surface area contributed by atoms with E-state index in [1.165, 1.54) is 41.5 Å². The van der Waals surface area contributed by atoms with Crippen molar-refractivity contribution in [3.8, 4) is 5.75 Å². The maximum atomic E-state index is 12.7. The van der Waals surface area contributed by atoms with E-state index in [1.54, 1.807) is 30.3 Å². The van der Waals surface area contributed by atoms with Crippen molar-refractivity contribution in [2.45, 2.75) is 31.1 Å². The summed E-state index contributed by atoms with van der Waals surface area (Å²) in [6, 6.07) is 12.4. The number of fused-ring (bicyclic) bond motifs is 1. The predicted octanol–water partition coefficient (Wildman–Crippen LogP) is 4.33. The van der Waals surface area contributed by atoms with Gasteiger partial charge in [0.2, 0.25) is 0 Å². The number of sulfonamides is 1. The molecule has 1 unspecified atom stereocenters. The number of aryl methyl sites for hydroxylation is 1. The minimum absolute atomic E-state index is 0.103. The summed E-state index contributed by atoms with van der Waals surface area (Å²) in [7, 11) is -2.28. The van der Waals surface area contributed by atoms with E-state index in [-0.39, 0.29) is 10.8 Å². The van der Waals surface area contributed by atoms with E-state index in [9.17, 15) is 13.2 Å². The maximum Gasteiger partial charge on any atom is 0.261 e. The number of amides is 1. The van der Waals surface area contributed by atoms with Crippen LogP contribution in [-0.2, 0) is 22.9 Å². The standard InChI is InChI=1S/C22H23N3O4S2/c1-14-6-11-19-20(12-14)30-22(23-19)24-21(26)15-4-3-5-16(13-15)25-31(27,28)18-9-7-17(29-2)8-10-18/h3-5,7-10,13-14,25H,6,11-12H2,1-2H3,(H,23,24,26). The molecule has 31 heavy (non-hydrogen) atoms. The molecule has 1 aromatic heterocycles. The number of thiazole rings is 1. The molecule has 2 aromatic carbocycles. The third kappa shape index (κ3) is 4.88. The molecule has 1 heterocycles. The molecule has 0 radical (unpaired) electrons. The number of anilines is 2. The molecule has 0 saturated carbocycles. The molecule has 7 nitrogen and oxygen atoms in total. The molecule has 1 atom stereocenters. The van der Waals surface area contributed by atoms with Gasteiger partial charge in [0, 0.05) is 16.1 Å². The number of nitrogens with zero attached hydrogens (tertiary/aromatic N) is 1. The summed E-state index contributed by atoms with van der Waals surface area (Å²) < 4.78 is 32.9. The molecule has 0 saturated heterocycles. The summed E-state index contributed by atoms with van der Waals surface area (Å²) in [5.41, 5.74) is 1.71. The number of nitrogens with one attached hydrogen (secondary N) is 2. The fourth-order valence-electron chi connectivity index (χ4n) is 3.46. The highest BCUT2D eigenvalue weighted by atomic mass is 32.2. The molecule has 1 amide bonds. The first-order valence-corrected chi connectivity index (χ1v) is 12.2. The van der Waals surface area contributed by atoms with Crippen molar-refractivity contribution in [3.63, 3.8) is 0 Å². The van der Waals surface area contributed by atoms with E-state index < -0.39 is 10.0 Å². The predicted molar refractivity (Wildman–Crippen MR) is 122 cm³/mol. The van der Waals surface area contributed by atoms with Crippen LogP contribution >= 0.6 is 11.3 Å². The third-order valence-corrected chi connectivity index (χ3v) is 7.59. The minimum Gasteiger partial charge on any atom is -0.497 e. The van der Waals surface area contributed by atoms with Gasteiger partial charge < -0.3 is 4.74 Å². The van der Waals surface area contributed by atoms with E-state index in [1.807, 2.05) is 0 Å². The number of carbonyl (C=O) groups is 1. The summed E-state index contributed by atoms with van der Waals surface area (Å²) in [5, 5.41) is 3.42. The zero-order valence-corrected chi connectivity index (χ0v) is 18.8. The van der Waals surface area contributed by atoms with Crippen molar-refractivity contribution in [1.29, 1.82) is 0 Å². The van der Waals surface area contributed by atoms with Gasteiger partial charge in [0.1, 0.15) is 5.75 Å². The van der Waals surface area contributed by atoms with Gasteiger partial charge in [-0.05, 0) is 67.6 Å². The molecule has 0 fully saturated rings. The van der Waals surface area contributed by atoms with Gasteiger partial charge in [-0.15, -0.1) is 11.3 Å².